The van der Waals surface area contributed by atoms with E-state index in [0.29, 0.717) is 6.04 Å². The fourth-order valence-electron chi connectivity index (χ4n) is 1.33. The first-order valence-corrected chi connectivity index (χ1v) is 5.87. The van der Waals surface area contributed by atoms with E-state index in [2.05, 4.69) is 36.6 Å². The van der Waals surface area contributed by atoms with Crippen molar-refractivity contribution in [3.63, 3.8) is 0 Å². The Hall–Kier alpha value is -0.0300. The molecule has 0 aromatic heterocycles. The molecule has 0 aromatic rings. The van der Waals surface area contributed by atoms with Crippen molar-refractivity contribution in [2.45, 2.75) is 13.0 Å². The molecule has 0 aliphatic rings. The van der Waals surface area contributed by atoms with Crippen LogP contribution < -0.4 is 0 Å². The highest BCUT2D eigenvalue weighted by atomic mass is 32.1. The molecule has 0 saturated heterocycles. The van der Waals surface area contributed by atoms with Gasteiger partial charge in [0, 0.05) is 39.1 Å². The fourth-order valence-corrected chi connectivity index (χ4v) is 1.48. The highest BCUT2D eigenvalue weighted by Gasteiger charge is 2.11. The molecule has 4 heteroatoms. The monoisotopic (exact) mass is 233 g/mol. The molecule has 0 bridgehead atoms. The van der Waals surface area contributed by atoms with Gasteiger partial charge in [-0.25, -0.2) is 0 Å². The lowest BCUT2D eigenvalue weighted by Gasteiger charge is -2.27. The lowest BCUT2D eigenvalue weighted by atomic mass is 10.3. The van der Waals surface area contributed by atoms with Crippen LogP contribution in [0.25, 0.3) is 0 Å². The van der Waals surface area contributed by atoms with E-state index in [1.54, 1.807) is 14.2 Å². The van der Waals surface area contributed by atoms with Crippen LogP contribution >= 0.6 is 12.6 Å². The van der Waals surface area contributed by atoms with Crippen LogP contribution in [0.3, 0.4) is 0 Å². The zero-order valence-corrected chi connectivity index (χ0v) is 10.9. The molecule has 15 heavy (non-hydrogen) atoms. The Kier molecular flexibility index (Phi) is 10.5. The molecule has 0 fully saturated rings. The summed E-state index contributed by atoms with van der Waals surface area (Å²) in [5.74, 6) is 0.788. The number of hydrogen-bond acceptors (Lipinski definition) is 4. The van der Waals surface area contributed by atoms with E-state index in [1.807, 2.05) is 0 Å². The van der Waals surface area contributed by atoms with Crippen molar-refractivity contribution in [2.75, 3.05) is 46.3 Å². The number of ether oxygens (including phenoxy) is 2. The van der Waals surface area contributed by atoms with Gasteiger partial charge >= 0.3 is 0 Å². The van der Waals surface area contributed by atoms with Crippen LogP contribution in [0.4, 0.5) is 0 Å². The summed E-state index contributed by atoms with van der Waals surface area (Å²) in [4.78, 5) is 2.33. The second kappa shape index (κ2) is 10.5. The first kappa shape index (κ1) is 15.0. The smallest absolute Gasteiger partial charge is 0.0615 e. The van der Waals surface area contributed by atoms with Gasteiger partial charge < -0.3 is 9.47 Å². The van der Waals surface area contributed by atoms with E-state index in [0.717, 1.165) is 32.1 Å². The Morgan fingerprint density at radius 1 is 1.27 bits per heavy atom. The molecule has 0 aliphatic heterocycles. The third-order valence-corrected chi connectivity index (χ3v) is 2.44. The Morgan fingerprint density at radius 3 is 2.53 bits per heavy atom. The summed E-state index contributed by atoms with van der Waals surface area (Å²) in [5.41, 5.74) is 0. The Balaban J connectivity index is 3.98. The summed E-state index contributed by atoms with van der Waals surface area (Å²) in [6, 6.07) is 0.412. The number of thiol groups is 1. The average molecular weight is 233 g/mol. The molecule has 0 spiro atoms. The number of hydrogen-bond donors (Lipinski definition) is 1. The van der Waals surface area contributed by atoms with Crippen LogP contribution in [-0.4, -0.2) is 57.2 Å². The van der Waals surface area contributed by atoms with E-state index < -0.39 is 0 Å². The van der Waals surface area contributed by atoms with Gasteiger partial charge in [0.1, 0.15) is 0 Å². The van der Waals surface area contributed by atoms with Crippen LogP contribution in [-0.2, 0) is 9.47 Å². The fraction of sp³-hybridized carbons (Fsp3) is 0.818. The zero-order chi connectivity index (χ0) is 11.5. The highest BCUT2D eigenvalue weighted by Crippen LogP contribution is 2.00. The molecule has 0 rings (SSSR count). The second-order valence-electron chi connectivity index (χ2n) is 3.45. The van der Waals surface area contributed by atoms with Crippen molar-refractivity contribution in [3.8, 4) is 0 Å². The van der Waals surface area contributed by atoms with E-state index in [4.69, 9.17) is 9.47 Å². The molecule has 3 nitrogen and oxygen atoms in total. The highest BCUT2D eigenvalue weighted by molar-refractivity contribution is 7.80. The van der Waals surface area contributed by atoms with Crippen molar-refractivity contribution in [1.29, 1.82) is 0 Å². The molecule has 0 aliphatic carbocycles. The zero-order valence-electron chi connectivity index (χ0n) is 9.98. The van der Waals surface area contributed by atoms with Crippen LogP contribution in [0.2, 0.25) is 0 Å². The largest absolute Gasteiger partial charge is 0.383 e. The van der Waals surface area contributed by atoms with E-state index in [9.17, 15) is 0 Å². The van der Waals surface area contributed by atoms with Crippen molar-refractivity contribution in [1.82, 2.24) is 4.90 Å². The number of rotatable bonds is 9. The van der Waals surface area contributed by atoms with Crippen LogP contribution in [0.1, 0.15) is 6.92 Å². The first-order valence-electron chi connectivity index (χ1n) is 5.24. The molecular formula is C11H23NO2S. The molecule has 0 saturated carbocycles. The summed E-state index contributed by atoms with van der Waals surface area (Å²) in [7, 11) is 3.46. The first-order chi connectivity index (χ1) is 7.26. The molecular weight excluding hydrogens is 210 g/mol. The predicted molar refractivity (Wildman–Crippen MR) is 67.8 cm³/mol. The average Bonchev–Trinajstić information content (AvgIpc) is 2.23. The van der Waals surface area contributed by atoms with Gasteiger partial charge in [-0.2, -0.15) is 12.6 Å². The van der Waals surface area contributed by atoms with Gasteiger partial charge in [-0.15, -0.1) is 0 Å². The minimum Gasteiger partial charge on any atom is -0.383 e. The number of nitrogens with zero attached hydrogens (tertiary/aromatic N) is 1. The van der Waals surface area contributed by atoms with Crippen molar-refractivity contribution in [2.24, 2.45) is 0 Å². The van der Waals surface area contributed by atoms with Gasteiger partial charge in [-0.1, -0.05) is 12.2 Å². The van der Waals surface area contributed by atoms with Gasteiger partial charge in [-0.3, -0.25) is 4.90 Å². The third-order valence-electron chi connectivity index (χ3n) is 2.23. The third kappa shape index (κ3) is 7.85. The van der Waals surface area contributed by atoms with Crippen molar-refractivity contribution in [3.05, 3.63) is 12.2 Å². The second-order valence-corrected chi connectivity index (χ2v) is 3.81. The van der Waals surface area contributed by atoms with Crippen molar-refractivity contribution >= 4 is 12.6 Å². The van der Waals surface area contributed by atoms with Gasteiger partial charge in [-0.05, 0) is 6.92 Å². The molecule has 0 radical (unpaired) electrons. The maximum atomic E-state index is 5.15. The normalized spacial score (nSPS) is 13.9. The van der Waals surface area contributed by atoms with Crippen LogP contribution in [0.5, 0.6) is 0 Å². The summed E-state index contributed by atoms with van der Waals surface area (Å²) in [6.45, 7) is 5.52. The minimum absolute atomic E-state index is 0.412. The van der Waals surface area contributed by atoms with Gasteiger partial charge in [0.15, 0.2) is 0 Å². The SMILES string of the molecule is COCCN(CC=CCS)C(C)COC. The molecule has 0 N–H and O–H groups in total. The molecule has 1 unspecified atom stereocenters. The Bertz CT molecular complexity index is 165. The standard InChI is InChI=1S/C11H23NO2S/c1-11(10-14-3)12(7-8-13-2)6-4-5-9-15/h4-5,11,15H,6-10H2,1-3H3. The van der Waals surface area contributed by atoms with Gasteiger partial charge in [0.05, 0.1) is 13.2 Å². The quantitative estimate of drug-likeness (QED) is 0.481. The molecule has 0 amide bonds. The van der Waals surface area contributed by atoms with Gasteiger partial charge in [0.2, 0.25) is 0 Å². The van der Waals surface area contributed by atoms with E-state index in [1.165, 1.54) is 0 Å². The predicted octanol–water partition coefficient (Wildman–Crippen LogP) is 1.46. The molecule has 0 aromatic carbocycles. The summed E-state index contributed by atoms with van der Waals surface area (Å²) >= 11 is 4.13. The lowest BCUT2D eigenvalue weighted by molar-refractivity contribution is 0.0825. The summed E-state index contributed by atoms with van der Waals surface area (Å²) in [5, 5.41) is 0. The van der Waals surface area contributed by atoms with E-state index >= 15 is 0 Å². The lowest BCUT2D eigenvalue weighted by Crippen LogP contribution is -2.38. The van der Waals surface area contributed by atoms with E-state index in [-0.39, 0.29) is 0 Å². The molecule has 90 valence electrons. The summed E-state index contributed by atoms with van der Waals surface area (Å²) in [6.07, 6.45) is 4.19. The van der Waals surface area contributed by atoms with Crippen LogP contribution in [0, 0.1) is 0 Å². The molecule has 1 atom stereocenters. The summed E-state index contributed by atoms with van der Waals surface area (Å²) < 4.78 is 10.2. The Labute approximate surface area is 98.8 Å². The molecule has 0 heterocycles. The van der Waals surface area contributed by atoms with Gasteiger partial charge in [0.25, 0.3) is 0 Å². The Morgan fingerprint density at radius 2 is 2.00 bits per heavy atom. The maximum absolute atomic E-state index is 5.15. The van der Waals surface area contributed by atoms with Crippen molar-refractivity contribution < 1.29 is 9.47 Å². The van der Waals surface area contributed by atoms with Crippen LogP contribution in [0.15, 0.2) is 12.2 Å². The maximum Gasteiger partial charge on any atom is 0.0615 e. The minimum atomic E-state index is 0.412. The number of methoxy groups -OCH3 is 2. The topological polar surface area (TPSA) is 21.7 Å².